The molecule has 0 aliphatic carbocycles. The molecular formula is C12H12N2O. The molecule has 0 aliphatic rings. The van der Waals surface area contributed by atoms with E-state index in [2.05, 4.69) is 6.07 Å². The number of benzene rings is 1. The highest BCUT2D eigenvalue weighted by molar-refractivity contribution is 5.38. The first-order valence-corrected chi connectivity index (χ1v) is 4.59. The summed E-state index contributed by atoms with van der Waals surface area (Å²) in [7, 11) is 1.58. The molecule has 1 atom stereocenters. The number of nitrogens with zero attached hydrogens (tertiary/aromatic N) is 2. The lowest BCUT2D eigenvalue weighted by molar-refractivity contribution is 0.413. The Morgan fingerprint density at radius 1 is 1.40 bits per heavy atom. The summed E-state index contributed by atoms with van der Waals surface area (Å²) >= 11 is 0. The predicted octanol–water partition coefficient (Wildman–Crippen LogP) is 2.39. The van der Waals surface area contributed by atoms with Gasteiger partial charge in [-0.1, -0.05) is 12.1 Å². The lowest BCUT2D eigenvalue weighted by Crippen LogP contribution is -2.18. The molecule has 3 nitrogen and oxygen atoms in total. The van der Waals surface area contributed by atoms with Gasteiger partial charge in [0.2, 0.25) is 0 Å². The maximum atomic E-state index is 9.09. The fourth-order valence-corrected chi connectivity index (χ4v) is 1.33. The van der Waals surface area contributed by atoms with E-state index in [1.807, 2.05) is 24.3 Å². The lowest BCUT2D eigenvalue weighted by Gasteiger charge is -2.18. The summed E-state index contributed by atoms with van der Waals surface area (Å²) in [5.74, 6) is 0.701. The summed E-state index contributed by atoms with van der Waals surface area (Å²) in [5.41, 5.74) is 0.0504. The largest absolute Gasteiger partial charge is 0.497 e. The van der Waals surface area contributed by atoms with Crippen LogP contribution in [0.4, 0.5) is 0 Å². The van der Waals surface area contributed by atoms with Gasteiger partial charge >= 0.3 is 0 Å². The third-order valence-electron chi connectivity index (χ3n) is 2.39. The molecule has 0 spiro atoms. The van der Waals surface area contributed by atoms with Crippen LogP contribution < -0.4 is 4.74 Å². The Bertz CT molecular complexity index is 428. The first-order chi connectivity index (χ1) is 7.16. The van der Waals surface area contributed by atoms with Crippen molar-refractivity contribution in [3.05, 3.63) is 29.8 Å². The van der Waals surface area contributed by atoms with Crippen molar-refractivity contribution in [3.8, 4) is 17.9 Å². The van der Waals surface area contributed by atoms with Crippen LogP contribution in [0.5, 0.6) is 5.75 Å². The van der Waals surface area contributed by atoms with E-state index in [1.54, 1.807) is 20.1 Å². The average molecular weight is 200 g/mol. The van der Waals surface area contributed by atoms with Crippen molar-refractivity contribution in [2.24, 2.45) is 0 Å². The molecule has 1 aromatic carbocycles. The monoisotopic (exact) mass is 200 g/mol. The van der Waals surface area contributed by atoms with Crippen LogP contribution >= 0.6 is 0 Å². The van der Waals surface area contributed by atoms with Crippen molar-refractivity contribution in [3.63, 3.8) is 0 Å². The van der Waals surface area contributed by atoms with Crippen LogP contribution in [0.2, 0.25) is 0 Å². The molecule has 0 radical (unpaired) electrons. The van der Waals surface area contributed by atoms with Gasteiger partial charge in [-0.15, -0.1) is 0 Å². The zero-order valence-corrected chi connectivity index (χ0v) is 8.82. The molecule has 0 heterocycles. The van der Waals surface area contributed by atoms with Crippen LogP contribution in [0, 0.1) is 22.7 Å². The molecule has 1 unspecified atom stereocenters. The minimum absolute atomic E-state index is 0.177. The summed E-state index contributed by atoms with van der Waals surface area (Å²) in [4.78, 5) is 0. The molecule has 0 aromatic heterocycles. The van der Waals surface area contributed by atoms with Gasteiger partial charge in [0.15, 0.2) is 0 Å². The van der Waals surface area contributed by atoms with Crippen molar-refractivity contribution in [2.75, 3.05) is 7.11 Å². The maximum absolute atomic E-state index is 9.09. The Kier molecular flexibility index (Phi) is 3.31. The fourth-order valence-electron chi connectivity index (χ4n) is 1.33. The maximum Gasteiger partial charge on any atom is 0.119 e. The third-order valence-corrected chi connectivity index (χ3v) is 2.39. The Morgan fingerprint density at radius 2 is 2.13 bits per heavy atom. The normalized spacial score (nSPS) is 13.3. The first kappa shape index (κ1) is 11.1. The highest BCUT2D eigenvalue weighted by Gasteiger charge is 2.26. The van der Waals surface area contributed by atoms with Gasteiger partial charge < -0.3 is 4.74 Å². The standard InChI is InChI=1S/C12H12N2O/c1-12(9-14,6-7-13)10-4-3-5-11(8-10)15-2/h3-5,8H,6H2,1-2H3. The molecule has 0 saturated heterocycles. The minimum Gasteiger partial charge on any atom is -0.497 e. The summed E-state index contributed by atoms with van der Waals surface area (Å²) in [6.07, 6.45) is 0.177. The number of nitriles is 2. The molecule has 0 bridgehead atoms. The van der Waals surface area contributed by atoms with Crippen LogP contribution in [0.25, 0.3) is 0 Å². The molecule has 0 saturated carbocycles. The lowest BCUT2D eigenvalue weighted by atomic mass is 9.81. The molecule has 0 aliphatic heterocycles. The van der Waals surface area contributed by atoms with Crippen LogP contribution in [-0.2, 0) is 5.41 Å². The van der Waals surface area contributed by atoms with E-state index in [4.69, 9.17) is 15.3 Å². The minimum atomic E-state index is -0.761. The van der Waals surface area contributed by atoms with Gasteiger partial charge in [-0.05, 0) is 24.6 Å². The molecule has 0 N–H and O–H groups in total. The van der Waals surface area contributed by atoms with Crippen LogP contribution in [0.3, 0.4) is 0 Å². The van der Waals surface area contributed by atoms with Crippen LogP contribution in [-0.4, -0.2) is 7.11 Å². The van der Waals surface area contributed by atoms with E-state index in [1.165, 1.54) is 0 Å². The molecule has 1 rings (SSSR count). The molecule has 3 heteroatoms. The van der Waals surface area contributed by atoms with Gasteiger partial charge in [-0.25, -0.2) is 0 Å². The molecule has 0 amide bonds. The van der Waals surface area contributed by atoms with Gasteiger partial charge in [0.05, 0.1) is 31.1 Å². The molecule has 0 fully saturated rings. The van der Waals surface area contributed by atoms with Gasteiger partial charge in [0.1, 0.15) is 5.75 Å². The smallest absolute Gasteiger partial charge is 0.119 e. The number of rotatable bonds is 3. The van der Waals surface area contributed by atoms with E-state index in [-0.39, 0.29) is 6.42 Å². The highest BCUT2D eigenvalue weighted by atomic mass is 16.5. The Balaban J connectivity index is 3.14. The zero-order valence-electron chi connectivity index (χ0n) is 8.82. The highest BCUT2D eigenvalue weighted by Crippen LogP contribution is 2.28. The number of ether oxygens (including phenoxy) is 1. The predicted molar refractivity (Wildman–Crippen MR) is 56.2 cm³/mol. The number of hydrogen-bond donors (Lipinski definition) is 0. The zero-order chi connectivity index (χ0) is 11.3. The Labute approximate surface area is 89.5 Å². The van der Waals surface area contributed by atoms with Crippen molar-refractivity contribution in [1.82, 2.24) is 0 Å². The van der Waals surface area contributed by atoms with Gasteiger partial charge in [-0.2, -0.15) is 10.5 Å². The van der Waals surface area contributed by atoms with Gasteiger partial charge in [0, 0.05) is 0 Å². The van der Waals surface area contributed by atoms with Crippen LogP contribution in [0.1, 0.15) is 18.9 Å². The second-order valence-corrected chi connectivity index (χ2v) is 3.51. The third kappa shape index (κ3) is 2.27. The van der Waals surface area contributed by atoms with Crippen molar-refractivity contribution in [1.29, 1.82) is 10.5 Å². The van der Waals surface area contributed by atoms with E-state index in [0.717, 1.165) is 5.56 Å². The fraction of sp³-hybridized carbons (Fsp3) is 0.333. The second-order valence-electron chi connectivity index (χ2n) is 3.51. The van der Waals surface area contributed by atoms with E-state index >= 15 is 0 Å². The van der Waals surface area contributed by atoms with E-state index < -0.39 is 5.41 Å². The van der Waals surface area contributed by atoms with Crippen molar-refractivity contribution < 1.29 is 4.74 Å². The van der Waals surface area contributed by atoms with E-state index in [9.17, 15) is 0 Å². The van der Waals surface area contributed by atoms with Gasteiger partial charge in [0.25, 0.3) is 0 Å². The summed E-state index contributed by atoms with van der Waals surface area (Å²) in [5, 5.41) is 17.8. The summed E-state index contributed by atoms with van der Waals surface area (Å²) in [6.45, 7) is 1.75. The average Bonchev–Trinajstić information content (AvgIpc) is 2.29. The quantitative estimate of drug-likeness (QED) is 0.752. The van der Waals surface area contributed by atoms with Crippen molar-refractivity contribution >= 4 is 0 Å². The second kappa shape index (κ2) is 4.48. The molecule has 76 valence electrons. The Morgan fingerprint density at radius 3 is 2.67 bits per heavy atom. The van der Waals surface area contributed by atoms with Crippen LogP contribution in [0.15, 0.2) is 24.3 Å². The Hall–Kier alpha value is -2.00. The summed E-state index contributed by atoms with van der Waals surface area (Å²) in [6, 6.07) is 11.5. The van der Waals surface area contributed by atoms with Crippen molar-refractivity contribution in [2.45, 2.75) is 18.8 Å². The van der Waals surface area contributed by atoms with Gasteiger partial charge in [-0.3, -0.25) is 0 Å². The first-order valence-electron chi connectivity index (χ1n) is 4.59. The molecular weight excluding hydrogens is 188 g/mol. The number of methoxy groups -OCH3 is 1. The summed E-state index contributed by atoms with van der Waals surface area (Å²) < 4.78 is 5.08. The SMILES string of the molecule is COc1cccc(C(C)(C#N)CC#N)c1. The van der Waals surface area contributed by atoms with E-state index in [0.29, 0.717) is 5.75 Å². The number of hydrogen-bond acceptors (Lipinski definition) is 3. The topological polar surface area (TPSA) is 56.8 Å². The molecule has 15 heavy (non-hydrogen) atoms. The molecule has 1 aromatic rings.